The zero-order valence-electron chi connectivity index (χ0n) is 9.03. The summed E-state index contributed by atoms with van der Waals surface area (Å²) in [6.45, 7) is 4.89. The smallest absolute Gasteiger partial charge is 0.261 e. The SMILES string of the molecule is CC(C)NC(=O)[C@](C)(N)N1C(=O)CC1=O. The van der Waals surface area contributed by atoms with Crippen LogP contribution in [-0.2, 0) is 14.4 Å². The molecule has 1 aliphatic heterocycles. The van der Waals surface area contributed by atoms with E-state index in [1.165, 1.54) is 6.92 Å². The number of β-lactam (4-membered cyclic amide) rings is 2. The Kier molecular flexibility index (Phi) is 2.81. The number of carbonyl (C=O) groups is 3. The first-order valence-corrected chi connectivity index (χ1v) is 4.72. The number of hydrogen-bond acceptors (Lipinski definition) is 4. The van der Waals surface area contributed by atoms with Gasteiger partial charge in [-0.3, -0.25) is 19.3 Å². The van der Waals surface area contributed by atoms with E-state index >= 15 is 0 Å². The van der Waals surface area contributed by atoms with E-state index < -0.39 is 23.4 Å². The molecule has 0 aromatic heterocycles. The van der Waals surface area contributed by atoms with Crippen molar-refractivity contribution < 1.29 is 14.4 Å². The maximum absolute atomic E-state index is 11.6. The predicted octanol–water partition coefficient (Wildman–Crippen LogP) is -1.06. The van der Waals surface area contributed by atoms with Crippen LogP contribution in [0.1, 0.15) is 27.2 Å². The van der Waals surface area contributed by atoms with Crippen molar-refractivity contribution >= 4 is 17.7 Å². The Morgan fingerprint density at radius 1 is 1.47 bits per heavy atom. The Morgan fingerprint density at radius 2 is 1.93 bits per heavy atom. The second-order valence-electron chi connectivity index (χ2n) is 4.08. The van der Waals surface area contributed by atoms with Crippen LogP contribution in [0.3, 0.4) is 0 Å². The fraction of sp³-hybridized carbons (Fsp3) is 0.667. The molecule has 0 radical (unpaired) electrons. The van der Waals surface area contributed by atoms with Gasteiger partial charge in [-0.25, -0.2) is 0 Å². The molecule has 1 rings (SSSR count). The maximum Gasteiger partial charge on any atom is 0.261 e. The highest BCUT2D eigenvalue weighted by Crippen LogP contribution is 2.20. The van der Waals surface area contributed by atoms with Gasteiger partial charge in [-0.2, -0.15) is 0 Å². The van der Waals surface area contributed by atoms with Crippen molar-refractivity contribution in [1.29, 1.82) is 0 Å². The molecule has 0 saturated carbocycles. The first-order chi connectivity index (χ1) is 6.76. The molecule has 0 aromatic rings. The van der Waals surface area contributed by atoms with Crippen molar-refractivity contribution in [3.05, 3.63) is 0 Å². The molecule has 1 aliphatic rings. The molecule has 6 nitrogen and oxygen atoms in total. The van der Waals surface area contributed by atoms with E-state index in [1.54, 1.807) is 13.8 Å². The number of nitrogens with one attached hydrogen (secondary N) is 1. The minimum Gasteiger partial charge on any atom is -0.351 e. The lowest BCUT2D eigenvalue weighted by molar-refractivity contribution is -0.169. The molecule has 1 heterocycles. The number of nitrogens with zero attached hydrogens (tertiary/aromatic N) is 1. The molecule has 1 saturated heterocycles. The topological polar surface area (TPSA) is 92.5 Å². The third kappa shape index (κ3) is 1.99. The van der Waals surface area contributed by atoms with Gasteiger partial charge in [0.1, 0.15) is 6.42 Å². The fourth-order valence-corrected chi connectivity index (χ4v) is 1.36. The van der Waals surface area contributed by atoms with Crippen LogP contribution < -0.4 is 11.1 Å². The van der Waals surface area contributed by atoms with Crippen molar-refractivity contribution in [1.82, 2.24) is 10.2 Å². The lowest BCUT2D eigenvalue weighted by Gasteiger charge is -2.40. The first kappa shape index (κ1) is 11.6. The molecule has 0 spiro atoms. The van der Waals surface area contributed by atoms with Crippen LogP contribution in [0, 0.1) is 0 Å². The molecule has 84 valence electrons. The highest BCUT2D eigenvalue weighted by atomic mass is 16.2. The van der Waals surface area contributed by atoms with Crippen LogP contribution >= 0.6 is 0 Å². The minimum atomic E-state index is -1.59. The molecule has 3 N–H and O–H groups in total. The molecule has 0 aliphatic carbocycles. The van der Waals surface area contributed by atoms with Gasteiger partial charge < -0.3 is 11.1 Å². The number of hydrogen-bond donors (Lipinski definition) is 2. The second-order valence-corrected chi connectivity index (χ2v) is 4.08. The molecular formula is C9H15N3O3. The Balaban J connectivity index is 2.77. The highest BCUT2D eigenvalue weighted by Gasteiger charge is 2.49. The summed E-state index contributed by atoms with van der Waals surface area (Å²) >= 11 is 0. The molecule has 3 amide bonds. The summed E-state index contributed by atoms with van der Waals surface area (Å²) in [4.78, 5) is 34.7. The Morgan fingerprint density at radius 3 is 2.27 bits per heavy atom. The van der Waals surface area contributed by atoms with Crippen molar-refractivity contribution in [2.45, 2.75) is 38.9 Å². The van der Waals surface area contributed by atoms with Crippen molar-refractivity contribution in [2.24, 2.45) is 5.73 Å². The highest BCUT2D eigenvalue weighted by molar-refractivity contribution is 6.17. The van der Waals surface area contributed by atoms with E-state index in [4.69, 9.17) is 5.73 Å². The average Bonchev–Trinajstić information content (AvgIpc) is 2.00. The third-order valence-corrected chi connectivity index (χ3v) is 2.15. The largest absolute Gasteiger partial charge is 0.351 e. The molecule has 0 bridgehead atoms. The summed E-state index contributed by atoms with van der Waals surface area (Å²) in [6, 6.07) is -0.0909. The van der Waals surface area contributed by atoms with Gasteiger partial charge >= 0.3 is 0 Å². The number of rotatable bonds is 3. The lowest BCUT2D eigenvalue weighted by Crippen LogP contribution is -2.71. The zero-order chi connectivity index (χ0) is 11.8. The Bertz CT molecular complexity index is 309. The van der Waals surface area contributed by atoms with E-state index in [9.17, 15) is 14.4 Å². The number of likely N-dealkylation sites (tertiary alicyclic amines) is 1. The first-order valence-electron chi connectivity index (χ1n) is 4.72. The third-order valence-electron chi connectivity index (χ3n) is 2.15. The summed E-state index contributed by atoms with van der Waals surface area (Å²) in [5.41, 5.74) is 4.08. The van der Waals surface area contributed by atoms with Crippen molar-refractivity contribution in [3.8, 4) is 0 Å². The zero-order valence-corrected chi connectivity index (χ0v) is 9.03. The van der Waals surface area contributed by atoms with Gasteiger partial charge in [-0.1, -0.05) is 0 Å². The van der Waals surface area contributed by atoms with E-state index in [0.717, 1.165) is 4.90 Å². The van der Waals surface area contributed by atoms with Gasteiger partial charge in [-0.15, -0.1) is 0 Å². The molecule has 0 aromatic carbocycles. The maximum atomic E-state index is 11.6. The summed E-state index contributed by atoms with van der Waals surface area (Å²) in [7, 11) is 0. The number of imide groups is 1. The molecule has 0 unspecified atom stereocenters. The summed E-state index contributed by atoms with van der Waals surface area (Å²) in [5, 5.41) is 2.56. The van der Waals surface area contributed by atoms with E-state index in [-0.39, 0.29) is 12.5 Å². The van der Waals surface area contributed by atoms with E-state index in [1.807, 2.05) is 0 Å². The van der Waals surface area contributed by atoms with Gasteiger partial charge in [0, 0.05) is 6.04 Å². The summed E-state index contributed by atoms with van der Waals surface area (Å²) in [5.74, 6) is -1.35. The van der Waals surface area contributed by atoms with Crippen LogP contribution in [0.5, 0.6) is 0 Å². The number of carbonyl (C=O) groups excluding carboxylic acids is 3. The minimum absolute atomic E-state index is 0.0909. The van der Waals surface area contributed by atoms with Gasteiger partial charge in [0.15, 0.2) is 5.66 Å². The summed E-state index contributed by atoms with van der Waals surface area (Å²) < 4.78 is 0. The lowest BCUT2D eigenvalue weighted by atomic mass is 10.0. The van der Waals surface area contributed by atoms with Crippen LogP contribution in [0.25, 0.3) is 0 Å². The normalized spacial score (nSPS) is 19.9. The average molecular weight is 213 g/mol. The molecule has 1 atom stereocenters. The number of amides is 3. The quantitative estimate of drug-likeness (QED) is 0.462. The molecule has 6 heteroatoms. The Hall–Kier alpha value is -1.43. The Labute approximate surface area is 87.8 Å². The summed E-state index contributed by atoms with van der Waals surface area (Å²) in [6.07, 6.45) is -0.165. The van der Waals surface area contributed by atoms with E-state index in [0.29, 0.717) is 0 Å². The van der Waals surface area contributed by atoms with Gasteiger partial charge in [-0.05, 0) is 20.8 Å². The second kappa shape index (κ2) is 3.62. The van der Waals surface area contributed by atoms with Crippen LogP contribution in [0.15, 0.2) is 0 Å². The standard InChI is InChI=1S/C9H15N3O3/c1-5(2)11-8(15)9(3,10)12-6(13)4-7(12)14/h5H,4,10H2,1-3H3,(H,11,15)/t9-/m1/s1. The van der Waals surface area contributed by atoms with Gasteiger partial charge in [0.2, 0.25) is 11.8 Å². The predicted molar refractivity (Wildman–Crippen MR) is 52.3 cm³/mol. The monoisotopic (exact) mass is 213 g/mol. The van der Waals surface area contributed by atoms with Gasteiger partial charge in [0.25, 0.3) is 5.91 Å². The molecular weight excluding hydrogens is 198 g/mol. The van der Waals surface area contributed by atoms with Crippen LogP contribution in [-0.4, -0.2) is 34.3 Å². The van der Waals surface area contributed by atoms with E-state index in [2.05, 4.69) is 5.32 Å². The fourth-order valence-electron chi connectivity index (χ4n) is 1.36. The van der Waals surface area contributed by atoms with Gasteiger partial charge in [0.05, 0.1) is 0 Å². The van der Waals surface area contributed by atoms with Crippen LogP contribution in [0.2, 0.25) is 0 Å². The molecule has 1 fully saturated rings. The van der Waals surface area contributed by atoms with Crippen molar-refractivity contribution in [3.63, 3.8) is 0 Å². The van der Waals surface area contributed by atoms with Crippen molar-refractivity contribution in [2.75, 3.05) is 0 Å². The number of nitrogens with two attached hydrogens (primary N) is 1. The van der Waals surface area contributed by atoms with Crippen LogP contribution in [0.4, 0.5) is 0 Å². The molecule has 15 heavy (non-hydrogen) atoms.